The van der Waals surface area contributed by atoms with Crippen LogP contribution < -0.4 is 15.9 Å². The Hall–Kier alpha value is -3.19. The van der Waals surface area contributed by atoms with Gasteiger partial charge in [0, 0.05) is 36.7 Å². The predicted octanol–water partition coefficient (Wildman–Crippen LogP) is 6.13. The van der Waals surface area contributed by atoms with Gasteiger partial charge in [0.2, 0.25) is 0 Å². The number of piperidine rings is 1. The topological polar surface area (TPSA) is 79.9 Å². The van der Waals surface area contributed by atoms with Crippen molar-refractivity contribution in [3.63, 3.8) is 0 Å². The van der Waals surface area contributed by atoms with E-state index < -0.39 is 25.9 Å². The maximum absolute atomic E-state index is 13.6. The molecular weight excluding hydrogens is 586 g/mol. The van der Waals surface area contributed by atoms with Gasteiger partial charge in [0.05, 0.1) is 28.2 Å². The summed E-state index contributed by atoms with van der Waals surface area (Å²) in [4.78, 5) is 13.8. The van der Waals surface area contributed by atoms with Crippen LogP contribution in [0.2, 0.25) is 0 Å². The van der Waals surface area contributed by atoms with E-state index in [1.54, 1.807) is 25.5 Å². The highest BCUT2D eigenvalue weighted by atomic mass is 32.1. The molecule has 0 aliphatic carbocycles. The van der Waals surface area contributed by atoms with Gasteiger partial charge in [0.15, 0.2) is 6.10 Å². The molecule has 7 nitrogen and oxygen atoms in total. The number of thiophene rings is 1. The van der Waals surface area contributed by atoms with E-state index >= 15 is 0 Å². The molecule has 2 N–H and O–H groups in total. The molecule has 2 aromatic carbocycles. The number of alkyl halides is 3. The summed E-state index contributed by atoms with van der Waals surface area (Å²) in [5, 5.41) is 8.07. The Kier molecular flexibility index (Phi) is 9.07. The summed E-state index contributed by atoms with van der Waals surface area (Å²) < 4.78 is 63.8. The summed E-state index contributed by atoms with van der Waals surface area (Å²) in [5.74, 6) is 5.97. The molecule has 2 aliphatic rings. The van der Waals surface area contributed by atoms with Gasteiger partial charge >= 0.3 is 12.3 Å². The SMILES string of the molecule is CP(C)(=O)c1ccc(NCC#Cc2sc3c(NC4CCN(CC5COC(=O)O5)CC4)cccc3c2CC(F)(F)F)cc1. The van der Waals surface area contributed by atoms with Crippen LogP contribution in [0.4, 0.5) is 29.3 Å². The molecule has 1 unspecified atom stereocenters. The normalized spacial score (nSPS) is 18.3. The van der Waals surface area contributed by atoms with Crippen molar-refractivity contribution in [1.82, 2.24) is 4.90 Å². The molecule has 12 heteroatoms. The molecule has 2 aliphatic heterocycles. The predicted molar refractivity (Wildman–Crippen MR) is 162 cm³/mol. The minimum atomic E-state index is -4.36. The second kappa shape index (κ2) is 12.6. The number of hydrogen-bond acceptors (Lipinski definition) is 8. The van der Waals surface area contributed by atoms with E-state index in [-0.39, 0.29) is 30.9 Å². The number of hydrogen-bond donors (Lipinski definition) is 2. The monoisotopic (exact) mass is 619 g/mol. The molecule has 42 heavy (non-hydrogen) atoms. The average molecular weight is 620 g/mol. The Morgan fingerprint density at radius 2 is 1.86 bits per heavy atom. The number of halogens is 3. The minimum absolute atomic E-state index is 0.168. The van der Waals surface area contributed by atoms with E-state index in [2.05, 4.69) is 27.4 Å². The molecule has 0 radical (unpaired) electrons. The lowest BCUT2D eigenvalue weighted by Gasteiger charge is -2.33. The van der Waals surface area contributed by atoms with Crippen molar-refractivity contribution in [3.05, 3.63) is 52.9 Å². The maximum Gasteiger partial charge on any atom is 0.508 e. The van der Waals surface area contributed by atoms with Gasteiger partial charge in [0.25, 0.3) is 0 Å². The van der Waals surface area contributed by atoms with Crippen molar-refractivity contribution in [2.75, 3.05) is 56.7 Å². The summed E-state index contributed by atoms with van der Waals surface area (Å²) in [5.41, 5.74) is 1.81. The molecule has 1 atom stereocenters. The van der Waals surface area contributed by atoms with Crippen molar-refractivity contribution in [2.45, 2.75) is 37.6 Å². The van der Waals surface area contributed by atoms with E-state index in [1.165, 1.54) is 11.3 Å². The van der Waals surface area contributed by atoms with E-state index in [0.29, 0.717) is 16.8 Å². The summed E-state index contributed by atoms with van der Waals surface area (Å²) in [6.07, 6.45) is -4.57. The third-order valence-electron chi connectivity index (χ3n) is 7.33. The van der Waals surface area contributed by atoms with Crippen LogP contribution >= 0.6 is 18.5 Å². The van der Waals surface area contributed by atoms with Crippen LogP contribution in [-0.4, -0.2) is 75.5 Å². The first-order valence-electron chi connectivity index (χ1n) is 13.8. The van der Waals surface area contributed by atoms with E-state index in [4.69, 9.17) is 9.47 Å². The number of likely N-dealkylation sites (tertiary alicyclic amines) is 1. The number of carbonyl (C=O) groups is 1. The molecule has 0 saturated carbocycles. The number of nitrogens with zero attached hydrogens (tertiary/aromatic N) is 1. The Morgan fingerprint density at radius 1 is 1.12 bits per heavy atom. The third kappa shape index (κ3) is 7.80. The zero-order valence-electron chi connectivity index (χ0n) is 23.4. The molecule has 2 fully saturated rings. The number of benzene rings is 2. The van der Waals surface area contributed by atoms with Crippen molar-refractivity contribution in [3.8, 4) is 11.8 Å². The first-order valence-corrected chi connectivity index (χ1v) is 17.2. The van der Waals surface area contributed by atoms with Crippen LogP contribution in [0, 0.1) is 11.8 Å². The quantitative estimate of drug-likeness (QED) is 0.179. The number of ether oxygens (including phenoxy) is 2. The van der Waals surface area contributed by atoms with Crippen molar-refractivity contribution in [1.29, 1.82) is 0 Å². The van der Waals surface area contributed by atoms with E-state index in [9.17, 15) is 22.5 Å². The zero-order valence-corrected chi connectivity index (χ0v) is 25.1. The molecular formula is C30H33F3N3O4PS. The van der Waals surface area contributed by atoms with E-state index in [1.807, 2.05) is 30.3 Å². The van der Waals surface area contributed by atoms with Gasteiger partial charge in [-0.25, -0.2) is 4.79 Å². The van der Waals surface area contributed by atoms with Crippen molar-refractivity contribution < 1.29 is 32.0 Å². The highest BCUT2D eigenvalue weighted by molar-refractivity contribution is 7.70. The van der Waals surface area contributed by atoms with Gasteiger partial charge in [-0.2, -0.15) is 13.2 Å². The van der Waals surface area contributed by atoms with Gasteiger partial charge in [0.1, 0.15) is 13.7 Å². The van der Waals surface area contributed by atoms with Gasteiger partial charge in [-0.05, 0) is 67.5 Å². The minimum Gasteiger partial charge on any atom is -0.430 e. The molecule has 0 spiro atoms. The fraction of sp³-hybridized carbons (Fsp3) is 0.433. The molecule has 224 valence electrons. The number of fused-ring (bicyclic) bond motifs is 1. The summed E-state index contributed by atoms with van der Waals surface area (Å²) in [7, 11) is -2.35. The number of cyclic esters (lactones) is 2. The first kappa shape index (κ1) is 30.3. The Balaban J connectivity index is 1.27. The molecule has 0 bridgehead atoms. The van der Waals surface area contributed by atoms with Crippen LogP contribution in [0.25, 0.3) is 10.1 Å². The number of rotatable bonds is 8. The van der Waals surface area contributed by atoms with Crippen LogP contribution in [0.1, 0.15) is 23.3 Å². The van der Waals surface area contributed by atoms with Crippen LogP contribution in [0.15, 0.2) is 42.5 Å². The standard InChI is InChI=1S/C30H33F3N3O4PS/c1-41(2,38)23-10-8-20(9-11-23)34-14-4-7-27-25(17-30(31,32)33)24-5-3-6-26(28(24)42-27)35-21-12-15-36(16-13-21)18-22-19-39-29(37)40-22/h3,5-6,8-11,21-22,34-35H,12-19H2,1-2H3. The van der Waals surface area contributed by atoms with E-state index in [0.717, 1.165) is 47.3 Å². The molecule has 3 heterocycles. The fourth-order valence-electron chi connectivity index (χ4n) is 5.19. The molecule has 2 saturated heterocycles. The number of carbonyl (C=O) groups excluding carboxylic acids is 1. The highest BCUT2D eigenvalue weighted by Gasteiger charge is 2.32. The van der Waals surface area contributed by atoms with Gasteiger partial charge < -0.3 is 24.7 Å². The van der Waals surface area contributed by atoms with Crippen molar-refractivity contribution in [2.24, 2.45) is 0 Å². The Labute approximate surface area is 247 Å². The van der Waals surface area contributed by atoms with Gasteiger partial charge in [-0.1, -0.05) is 24.0 Å². The van der Waals surface area contributed by atoms with Crippen LogP contribution in [0.5, 0.6) is 0 Å². The fourth-order valence-corrected chi connectivity index (χ4v) is 7.23. The van der Waals surface area contributed by atoms with Crippen LogP contribution in [0.3, 0.4) is 0 Å². The molecule has 3 aromatic rings. The second-order valence-corrected chi connectivity index (χ2v) is 15.2. The van der Waals surface area contributed by atoms with Gasteiger partial charge in [-0.15, -0.1) is 11.3 Å². The van der Waals surface area contributed by atoms with Gasteiger partial charge in [-0.3, -0.25) is 4.90 Å². The summed E-state index contributed by atoms with van der Waals surface area (Å²) in [6.45, 7) is 6.20. The second-order valence-electron chi connectivity index (χ2n) is 11.0. The highest BCUT2D eigenvalue weighted by Crippen LogP contribution is 2.39. The lowest BCUT2D eigenvalue weighted by Crippen LogP contribution is -2.43. The average Bonchev–Trinajstić information content (AvgIpc) is 3.49. The lowest BCUT2D eigenvalue weighted by atomic mass is 10.0. The molecule has 0 amide bonds. The number of nitrogens with one attached hydrogen (secondary N) is 2. The maximum atomic E-state index is 13.6. The summed E-state index contributed by atoms with van der Waals surface area (Å²) >= 11 is 1.29. The Bertz CT molecular complexity index is 1530. The summed E-state index contributed by atoms with van der Waals surface area (Å²) in [6, 6.07) is 12.9. The largest absolute Gasteiger partial charge is 0.508 e. The molecule has 1 aromatic heterocycles. The first-order chi connectivity index (χ1) is 19.9. The molecule has 5 rings (SSSR count). The smallest absolute Gasteiger partial charge is 0.430 e. The third-order valence-corrected chi connectivity index (χ3v) is 10.1. The number of anilines is 2. The Morgan fingerprint density at radius 3 is 2.50 bits per heavy atom. The lowest BCUT2D eigenvalue weighted by molar-refractivity contribution is -0.126. The van der Waals surface area contributed by atoms with Crippen LogP contribution in [-0.2, 0) is 20.5 Å². The van der Waals surface area contributed by atoms with Crippen molar-refractivity contribution >= 4 is 51.4 Å². The zero-order chi connectivity index (χ0) is 29.9.